The highest BCUT2D eigenvalue weighted by Gasteiger charge is 2.18. The minimum atomic E-state index is -0.0350. The number of carbonyl (C=O) groups excluding carboxylic acids is 1. The summed E-state index contributed by atoms with van der Waals surface area (Å²) in [6.07, 6.45) is 1.09. The van der Waals surface area contributed by atoms with Gasteiger partial charge in [0.15, 0.2) is 0 Å². The molecule has 2 heterocycles. The summed E-state index contributed by atoms with van der Waals surface area (Å²) in [6, 6.07) is 16.3. The Bertz CT molecular complexity index is 851. The van der Waals surface area contributed by atoms with Gasteiger partial charge in [0.25, 0.3) is 5.91 Å². The highest BCUT2D eigenvalue weighted by Crippen LogP contribution is 2.31. The van der Waals surface area contributed by atoms with Crippen LogP contribution in [0.25, 0.3) is 10.1 Å². The van der Waals surface area contributed by atoms with Crippen molar-refractivity contribution < 1.29 is 4.79 Å². The van der Waals surface area contributed by atoms with Crippen LogP contribution in [0.1, 0.15) is 22.2 Å². The third-order valence-electron chi connectivity index (χ3n) is 4.37. The van der Waals surface area contributed by atoms with E-state index in [2.05, 4.69) is 29.3 Å². The number of hydrogen-bond donors (Lipinski definition) is 1. The lowest BCUT2D eigenvalue weighted by molar-refractivity contribution is 0.103. The average molecular weight is 322 g/mol. The van der Waals surface area contributed by atoms with Crippen molar-refractivity contribution in [2.45, 2.75) is 13.3 Å². The molecule has 4 rings (SSSR count). The lowest BCUT2D eigenvalue weighted by atomic mass is 10.1. The summed E-state index contributed by atoms with van der Waals surface area (Å²) in [6.45, 7) is 4.23. The second-order valence-electron chi connectivity index (χ2n) is 5.78. The Hall–Kier alpha value is -2.33. The minimum absolute atomic E-state index is 0.0350. The van der Waals surface area contributed by atoms with Crippen LogP contribution in [-0.2, 0) is 6.42 Å². The van der Waals surface area contributed by atoms with Crippen LogP contribution in [0.15, 0.2) is 48.5 Å². The van der Waals surface area contributed by atoms with E-state index in [1.807, 2.05) is 36.4 Å². The number of likely N-dealkylation sites (N-methyl/N-ethyl adjacent to an activating group) is 1. The van der Waals surface area contributed by atoms with Gasteiger partial charge in [0, 0.05) is 29.2 Å². The van der Waals surface area contributed by atoms with E-state index in [-0.39, 0.29) is 5.91 Å². The molecule has 1 aromatic heterocycles. The van der Waals surface area contributed by atoms with Crippen molar-refractivity contribution in [3.05, 3.63) is 59.0 Å². The van der Waals surface area contributed by atoms with Crippen molar-refractivity contribution in [3.8, 4) is 0 Å². The molecular weight excluding hydrogens is 304 g/mol. The molecule has 1 N–H and O–H groups in total. The molecule has 0 aliphatic carbocycles. The first kappa shape index (κ1) is 14.3. The summed E-state index contributed by atoms with van der Waals surface area (Å²) in [5, 5.41) is 4.16. The molecule has 1 amide bonds. The quantitative estimate of drug-likeness (QED) is 0.768. The Labute approximate surface area is 139 Å². The van der Waals surface area contributed by atoms with Crippen LogP contribution in [0.2, 0.25) is 0 Å². The number of carbonyl (C=O) groups is 1. The molecule has 3 nitrogen and oxygen atoms in total. The Morgan fingerprint density at radius 3 is 2.91 bits per heavy atom. The molecule has 0 unspecified atom stereocenters. The normalized spacial score (nSPS) is 13.3. The first-order valence-electron chi connectivity index (χ1n) is 7.92. The van der Waals surface area contributed by atoms with E-state index >= 15 is 0 Å². The number of hydrogen-bond acceptors (Lipinski definition) is 3. The van der Waals surface area contributed by atoms with Crippen LogP contribution in [0.3, 0.4) is 0 Å². The molecule has 1 aliphatic heterocycles. The second-order valence-corrected chi connectivity index (χ2v) is 6.86. The topological polar surface area (TPSA) is 32.3 Å². The van der Waals surface area contributed by atoms with Gasteiger partial charge in [0.1, 0.15) is 0 Å². The third kappa shape index (κ3) is 2.59. The van der Waals surface area contributed by atoms with Crippen LogP contribution < -0.4 is 10.2 Å². The minimum Gasteiger partial charge on any atom is -0.371 e. The van der Waals surface area contributed by atoms with E-state index in [1.54, 1.807) is 0 Å². The molecule has 2 aromatic carbocycles. The molecule has 0 atom stereocenters. The van der Waals surface area contributed by atoms with Crippen molar-refractivity contribution in [2.75, 3.05) is 23.3 Å². The monoisotopic (exact) mass is 322 g/mol. The molecule has 0 spiro atoms. The summed E-state index contributed by atoms with van der Waals surface area (Å²) in [4.78, 5) is 15.6. The standard InChI is InChI=1S/C19H18N2OS/c1-2-21-10-9-13-7-8-15(12-16(13)21)20-19(22)18-11-14-5-3-4-6-17(14)23-18/h3-8,11-12H,2,9-10H2,1H3,(H,20,22). The third-order valence-corrected chi connectivity index (χ3v) is 5.48. The predicted molar refractivity (Wildman–Crippen MR) is 97.8 cm³/mol. The van der Waals surface area contributed by atoms with E-state index in [0.717, 1.165) is 40.2 Å². The molecular formula is C19H18N2OS. The summed E-state index contributed by atoms with van der Waals surface area (Å²) < 4.78 is 1.14. The molecule has 0 saturated heterocycles. The molecule has 0 saturated carbocycles. The molecule has 23 heavy (non-hydrogen) atoms. The van der Waals surface area contributed by atoms with Gasteiger partial charge in [-0.05, 0) is 48.6 Å². The lowest BCUT2D eigenvalue weighted by Crippen LogP contribution is -2.19. The van der Waals surface area contributed by atoms with Crippen LogP contribution in [0, 0.1) is 0 Å². The van der Waals surface area contributed by atoms with Crippen molar-refractivity contribution in [2.24, 2.45) is 0 Å². The lowest BCUT2D eigenvalue weighted by Gasteiger charge is -2.17. The van der Waals surface area contributed by atoms with Crippen molar-refractivity contribution in [1.82, 2.24) is 0 Å². The number of amides is 1. The van der Waals surface area contributed by atoms with E-state index in [0.29, 0.717) is 0 Å². The summed E-state index contributed by atoms with van der Waals surface area (Å²) in [7, 11) is 0. The van der Waals surface area contributed by atoms with E-state index in [1.165, 1.54) is 22.6 Å². The highest BCUT2D eigenvalue weighted by atomic mass is 32.1. The fourth-order valence-corrected chi connectivity index (χ4v) is 4.10. The van der Waals surface area contributed by atoms with Gasteiger partial charge in [-0.25, -0.2) is 0 Å². The van der Waals surface area contributed by atoms with Crippen LogP contribution in [0.5, 0.6) is 0 Å². The van der Waals surface area contributed by atoms with Crippen LogP contribution in [0.4, 0.5) is 11.4 Å². The maximum Gasteiger partial charge on any atom is 0.265 e. The van der Waals surface area contributed by atoms with Gasteiger partial charge in [-0.3, -0.25) is 4.79 Å². The van der Waals surface area contributed by atoms with Gasteiger partial charge < -0.3 is 10.2 Å². The second kappa shape index (κ2) is 5.70. The first-order chi connectivity index (χ1) is 11.2. The molecule has 0 fully saturated rings. The highest BCUT2D eigenvalue weighted by molar-refractivity contribution is 7.20. The number of rotatable bonds is 3. The van der Waals surface area contributed by atoms with Gasteiger partial charge in [0.2, 0.25) is 0 Å². The summed E-state index contributed by atoms with van der Waals surface area (Å²) in [5.41, 5.74) is 3.49. The van der Waals surface area contributed by atoms with Gasteiger partial charge in [-0.2, -0.15) is 0 Å². The zero-order valence-electron chi connectivity index (χ0n) is 13.0. The maximum absolute atomic E-state index is 12.5. The molecule has 3 aromatic rings. The van der Waals surface area contributed by atoms with Gasteiger partial charge in [-0.15, -0.1) is 11.3 Å². The number of nitrogens with zero attached hydrogens (tertiary/aromatic N) is 1. The van der Waals surface area contributed by atoms with Crippen molar-refractivity contribution in [3.63, 3.8) is 0 Å². The van der Waals surface area contributed by atoms with Gasteiger partial charge >= 0.3 is 0 Å². The zero-order chi connectivity index (χ0) is 15.8. The van der Waals surface area contributed by atoms with E-state index in [4.69, 9.17) is 0 Å². The number of thiophene rings is 1. The molecule has 0 bridgehead atoms. The first-order valence-corrected chi connectivity index (χ1v) is 8.74. The Kier molecular flexibility index (Phi) is 3.54. The number of benzene rings is 2. The SMILES string of the molecule is CCN1CCc2ccc(NC(=O)c3cc4ccccc4s3)cc21. The Morgan fingerprint density at radius 1 is 1.22 bits per heavy atom. The fraction of sp³-hybridized carbons (Fsp3) is 0.211. The van der Waals surface area contributed by atoms with Gasteiger partial charge in [-0.1, -0.05) is 24.3 Å². The molecule has 4 heteroatoms. The molecule has 0 radical (unpaired) electrons. The van der Waals surface area contributed by atoms with Crippen molar-refractivity contribution >= 4 is 38.7 Å². The fourth-order valence-electron chi connectivity index (χ4n) is 3.14. The average Bonchev–Trinajstić information content (AvgIpc) is 3.18. The van der Waals surface area contributed by atoms with E-state index in [9.17, 15) is 4.79 Å². The molecule has 116 valence electrons. The maximum atomic E-state index is 12.5. The van der Waals surface area contributed by atoms with E-state index < -0.39 is 0 Å². The van der Waals surface area contributed by atoms with Crippen LogP contribution >= 0.6 is 11.3 Å². The Balaban J connectivity index is 1.59. The summed E-state index contributed by atoms with van der Waals surface area (Å²) in [5.74, 6) is -0.0350. The number of fused-ring (bicyclic) bond motifs is 2. The number of anilines is 2. The summed E-state index contributed by atoms with van der Waals surface area (Å²) >= 11 is 1.53. The van der Waals surface area contributed by atoms with Crippen LogP contribution in [-0.4, -0.2) is 19.0 Å². The predicted octanol–water partition coefficient (Wildman–Crippen LogP) is 4.54. The largest absolute Gasteiger partial charge is 0.371 e. The zero-order valence-corrected chi connectivity index (χ0v) is 13.8. The number of nitrogens with one attached hydrogen (secondary N) is 1. The smallest absolute Gasteiger partial charge is 0.265 e. The Morgan fingerprint density at radius 2 is 2.09 bits per heavy atom. The molecule has 1 aliphatic rings. The van der Waals surface area contributed by atoms with Crippen molar-refractivity contribution in [1.29, 1.82) is 0 Å². The van der Waals surface area contributed by atoms with Gasteiger partial charge in [0.05, 0.1) is 4.88 Å².